The maximum absolute atomic E-state index is 16.9. The molecule has 2 aromatic heterocycles. The van der Waals surface area contributed by atoms with E-state index in [0.29, 0.717) is 25.8 Å². The zero-order chi connectivity index (χ0) is 43.6. The number of carbonyl (C=O) groups excluding carboxylic acids is 4. The number of aliphatic hydroxyl groups excluding tert-OH is 1. The van der Waals surface area contributed by atoms with Crippen LogP contribution in [0.15, 0.2) is 37.1 Å². The Kier molecular flexibility index (Phi) is 14.4. The standard InChI is InChI=1S/C43H64FN5O10/c1-12-32-43(8)35(49(40(54)59-43)19-14-13-18-48-23-30(46-24-48)29-16-15-17-45-22-29)27(4)33(50)25(2)21-41(6,55-11)37(28(5)36(52)42(7,44)39(53)57-32)58-38-34(51)31(47(9)10)20-26(3)56-38/h15-17,22-28,31-32,34-35,37-38,51H,12-14,18-21H2,1-11H3/t25-,26-,27-,28+,31+,32+,34-,35-,37-,38+,41-,42+,43-/m1/s1. The van der Waals surface area contributed by atoms with Crippen LogP contribution >= 0.6 is 0 Å². The minimum atomic E-state index is -3.18. The fraction of sp³-hybridized carbons (Fsp3) is 0.721. The molecule has 0 aromatic carbocycles. The van der Waals surface area contributed by atoms with Crippen LogP contribution in [0.25, 0.3) is 11.3 Å². The molecule has 0 radical (unpaired) electrons. The van der Waals surface area contributed by atoms with E-state index in [1.165, 1.54) is 18.9 Å². The number of carbonyl (C=O) groups is 4. The fourth-order valence-corrected chi connectivity index (χ4v) is 9.43. The topological polar surface area (TPSA) is 172 Å². The van der Waals surface area contributed by atoms with Gasteiger partial charge in [0.05, 0.1) is 35.9 Å². The number of ketones is 2. The Morgan fingerprint density at radius 1 is 1.05 bits per heavy atom. The lowest BCUT2D eigenvalue weighted by atomic mass is 9.73. The molecule has 0 saturated carbocycles. The molecule has 16 heteroatoms. The van der Waals surface area contributed by atoms with E-state index in [1.54, 1.807) is 53.3 Å². The average molecular weight is 830 g/mol. The number of alkyl halides is 1. The lowest BCUT2D eigenvalue weighted by Crippen LogP contribution is -2.61. The summed E-state index contributed by atoms with van der Waals surface area (Å²) in [5.41, 5.74) is -4.53. The second kappa shape index (κ2) is 18.4. The van der Waals surface area contributed by atoms with Crippen molar-refractivity contribution in [2.45, 2.75) is 154 Å². The van der Waals surface area contributed by atoms with Crippen molar-refractivity contribution in [3.8, 4) is 11.3 Å². The molecule has 3 aliphatic heterocycles. The summed E-state index contributed by atoms with van der Waals surface area (Å²) in [6.45, 7) is 13.4. The second-order valence-electron chi connectivity index (χ2n) is 17.5. The molecule has 2 aromatic rings. The Labute approximate surface area is 347 Å². The molecule has 13 atom stereocenters. The summed E-state index contributed by atoms with van der Waals surface area (Å²) in [5, 5.41) is 11.4. The number of aromatic nitrogens is 3. The molecule has 1 amide bonds. The summed E-state index contributed by atoms with van der Waals surface area (Å²) in [6.07, 6.45) is 2.93. The second-order valence-corrected chi connectivity index (χ2v) is 17.5. The normalized spacial score (nSPS) is 37.6. The molecule has 0 unspecified atom stereocenters. The first-order chi connectivity index (χ1) is 27.7. The molecule has 0 bridgehead atoms. The number of pyridine rings is 1. The Morgan fingerprint density at radius 2 is 1.75 bits per heavy atom. The van der Waals surface area contributed by atoms with Gasteiger partial charge < -0.3 is 43.2 Å². The predicted octanol–water partition coefficient (Wildman–Crippen LogP) is 5.02. The minimum Gasteiger partial charge on any atom is -0.455 e. The van der Waals surface area contributed by atoms with Gasteiger partial charge in [-0.1, -0.05) is 27.7 Å². The van der Waals surface area contributed by atoms with E-state index < -0.39 is 83.1 Å². The third-order valence-electron chi connectivity index (χ3n) is 12.8. The van der Waals surface area contributed by atoms with Crippen molar-refractivity contribution in [3.05, 3.63) is 37.1 Å². The van der Waals surface area contributed by atoms with Crippen LogP contribution in [0.2, 0.25) is 0 Å². The number of hydrogen-bond donors (Lipinski definition) is 1. The minimum absolute atomic E-state index is 0.000728. The maximum atomic E-state index is 16.9. The van der Waals surface area contributed by atoms with Crippen molar-refractivity contribution in [2.75, 3.05) is 27.7 Å². The number of nitrogens with zero attached hydrogens (tertiary/aromatic N) is 5. The predicted molar refractivity (Wildman–Crippen MR) is 215 cm³/mol. The maximum Gasteiger partial charge on any atom is 0.410 e. The number of unbranched alkanes of at least 4 members (excludes halogenated alkanes) is 1. The van der Waals surface area contributed by atoms with E-state index in [0.717, 1.165) is 18.2 Å². The van der Waals surface area contributed by atoms with Crippen LogP contribution in [0.5, 0.6) is 0 Å². The Hall–Kier alpha value is -3.83. The number of esters is 1. The first-order valence-corrected chi connectivity index (χ1v) is 20.8. The highest BCUT2D eigenvalue weighted by molar-refractivity contribution is 6.08. The van der Waals surface area contributed by atoms with Crippen LogP contribution in [0.4, 0.5) is 9.18 Å². The quantitative estimate of drug-likeness (QED) is 0.182. The number of hydrogen-bond acceptors (Lipinski definition) is 13. The highest BCUT2D eigenvalue weighted by Crippen LogP contribution is 2.43. The number of halogens is 1. The van der Waals surface area contributed by atoms with Gasteiger partial charge in [-0.15, -0.1) is 0 Å². The molecule has 3 saturated heterocycles. The average Bonchev–Trinajstić information content (AvgIpc) is 3.78. The lowest BCUT2D eigenvalue weighted by molar-refractivity contribution is -0.295. The zero-order valence-corrected chi connectivity index (χ0v) is 36.4. The van der Waals surface area contributed by atoms with Gasteiger partial charge in [-0.3, -0.25) is 14.6 Å². The van der Waals surface area contributed by atoms with Crippen molar-refractivity contribution in [2.24, 2.45) is 17.8 Å². The van der Waals surface area contributed by atoms with Crippen molar-refractivity contribution in [3.63, 3.8) is 0 Å². The number of aliphatic hydroxyl groups is 1. The molecular formula is C43H64FN5O10. The van der Waals surface area contributed by atoms with Crippen molar-refractivity contribution in [1.82, 2.24) is 24.3 Å². The van der Waals surface area contributed by atoms with Gasteiger partial charge in [0.1, 0.15) is 18.0 Å². The van der Waals surface area contributed by atoms with E-state index in [-0.39, 0.29) is 37.3 Å². The number of likely N-dealkylation sites (N-methyl/N-ethyl adjacent to an activating group) is 1. The van der Waals surface area contributed by atoms with Crippen LogP contribution in [0, 0.1) is 17.8 Å². The molecule has 15 nitrogen and oxygen atoms in total. The van der Waals surface area contributed by atoms with Crippen molar-refractivity contribution in [1.29, 1.82) is 0 Å². The third kappa shape index (κ3) is 9.41. The summed E-state index contributed by atoms with van der Waals surface area (Å²) in [5.74, 6) is -5.78. The number of Topliss-reactive ketones (excluding diaryl/α,β-unsaturated/α-hetero) is 2. The third-order valence-corrected chi connectivity index (χ3v) is 12.8. The van der Waals surface area contributed by atoms with Crippen molar-refractivity contribution >= 4 is 23.6 Å². The molecule has 328 valence electrons. The van der Waals surface area contributed by atoms with Gasteiger partial charge in [0, 0.05) is 68.1 Å². The number of methoxy groups -OCH3 is 1. The van der Waals surface area contributed by atoms with E-state index in [1.807, 2.05) is 48.8 Å². The molecule has 0 spiro atoms. The first-order valence-electron chi connectivity index (χ1n) is 20.8. The van der Waals surface area contributed by atoms with Crippen LogP contribution in [-0.2, 0) is 44.6 Å². The van der Waals surface area contributed by atoms with Crippen molar-refractivity contribution < 1.29 is 52.4 Å². The van der Waals surface area contributed by atoms with Crippen LogP contribution in [0.1, 0.15) is 87.5 Å². The summed E-state index contributed by atoms with van der Waals surface area (Å²) >= 11 is 0. The lowest BCUT2D eigenvalue weighted by Gasteiger charge is -2.47. The molecule has 5 heterocycles. The van der Waals surface area contributed by atoms with E-state index >= 15 is 4.39 Å². The molecular weight excluding hydrogens is 765 g/mol. The number of cyclic esters (lactones) is 1. The molecule has 59 heavy (non-hydrogen) atoms. The molecule has 3 aliphatic rings. The summed E-state index contributed by atoms with van der Waals surface area (Å²) < 4.78 is 49.4. The number of imidazole rings is 1. The Bertz CT molecular complexity index is 1790. The van der Waals surface area contributed by atoms with Gasteiger partial charge in [-0.05, 0) is 86.0 Å². The number of fused-ring (bicyclic) bond motifs is 1. The van der Waals surface area contributed by atoms with Crippen LogP contribution < -0.4 is 0 Å². The van der Waals surface area contributed by atoms with E-state index in [9.17, 15) is 24.3 Å². The number of amides is 1. The van der Waals surface area contributed by atoms with Gasteiger partial charge in [0.2, 0.25) is 0 Å². The summed E-state index contributed by atoms with van der Waals surface area (Å²) in [4.78, 5) is 68.7. The summed E-state index contributed by atoms with van der Waals surface area (Å²) in [7, 11) is 5.05. The van der Waals surface area contributed by atoms with E-state index in [4.69, 9.17) is 23.7 Å². The van der Waals surface area contributed by atoms with Gasteiger partial charge in [0.25, 0.3) is 5.67 Å². The zero-order valence-electron chi connectivity index (χ0n) is 36.4. The van der Waals surface area contributed by atoms with Gasteiger partial charge in [0.15, 0.2) is 17.7 Å². The number of rotatable bonds is 11. The van der Waals surface area contributed by atoms with E-state index in [2.05, 4.69) is 9.97 Å². The van der Waals surface area contributed by atoms with Gasteiger partial charge in [-0.25, -0.2) is 19.0 Å². The monoisotopic (exact) mass is 829 g/mol. The molecule has 0 aliphatic carbocycles. The van der Waals surface area contributed by atoms with Gasteiger partial charge >= 0.3 is 12.1 Å². The smallest absolute Gasteiger partial charge is 0.410 e. The largest absolute Gasteiger partial charge is 0.455 e. The Morgan fingerprint density at radius 3 is 2.37 bits per heavy atom. The van der Waals surface area contributed by atoms with Gasteiger partial charge in [-0.2, -0.15) is 0 Å². The first kappa shape index (κ1) is 46.2. The Balaban J connectivity index is 1.46. The van der Waals surface area contributed by atoms with Crippen LogP contribution in [-0.4, -0.2) is 140 Å². The number of ether oxygens (including phenoxy) is 5. The molecule has 5 rings (SSSR count). The fourth-order valence-electron chi connectivity index (χ4n) is 9.43. The van der Waals surface area contributed by atoms with Crippen LogP contribution in [0.3, 0.4) is 0 Å². The molecule has 1 N–H and O–H groups in total. The number of aryl methyl sites for hydroxylation is 1. The molecule has 3 fully saturated rings. The highest BCUT2D eigenvalue weighted by Gasteiger charge is 2.61. The summed E-state index contributed by atoms with van der Waals surface area (Å²) in [6, 6.07) is 2.49. The SMILES string of the molecule is CC[C@@H]1OC(=O)[C@@](C)(F)C(=O)[C@H](C)[C@@H](O[C@@H]2O[C@H](C)C[C@H](N(C)C)[C@H]2O)[C@](C)(OC)C[C@@H](C)C(=O)[C@@H](C)[C@H]2N(CCCCn3cnc(-c4cccnc4)c3)C(=O)O[C@]12C. The highest BCUT2D eigenvalue weighted by atomic mass is 19.1.